The second-order valence-corrected chi connectivity index (χ2v) is 10.0. The first kappa shape index (κ1) is 25.1. The Morgan fingerprint density at radius 2 is 1.89 bits per heavy atom. The van der Waals surface area contributed by atoms with Gasteiger partial charge in [-0.2, -0.15) is 5.26 Å². The minimum Gasteiger partial charge on any atom is -0.382 e. The number of nitriles is 1. The predicted octanol–water partition coefficient (Wildman–Crippen LogP) is 3.63. The van der Waals surface area contributed by atoms with E-state index in [2.05, 4.69) is 20.9 Å². The molecule has 0 saturated carbocycles. The molecule has 1 fully saturated rings. The number of nitrogen functional groups attached to an aromatic ring is 1. The van der Waals surface area contributed by atoms with Gasteiger partial charge in [0.15, 0.2) is 5.13 Å². The molecule has 2 aromatic heterocycles. The highest BCUT2D eigenvalue weighted by Gasteiger charge is 2.31. The van der Waals surface area contributed by atoms with Crippen LogP contribution in [0.4, 0.5) is 26.8 Å². The van der Waals surface area contributed by atoms with Gasteiger partial charge in [-0.1, -0.05) is 11.3 Å². The summed E-state index contributed by atoms with van der Waals surface area (Å²) in [5.41, 5.74) is 12.1. The number of ketones is 1. The summed E-state index contributed by atoms with van der Waals surface area (Å²) in [7, 11) is 0. The van der Waals surface area contributed by atoms with Crippen LogP contribution in [0.2, 0.25) is 0 Å². The Balaban J connectivity index is 1.57. The number of carbonyl (C=O) groups excluding carboxylic acids is 2. The summed E-state index contributed by atoms with van der Waals surface area (Å²) < 4.78 is 13.5. The van der Waals surface area contributed by atoms with E-state index in [-0.39, 0.29) is 27.0 Å². The van der Waals surface area contributed by atoms with E-state index in [4.69, 9.17) is 11.5 Å². The highest BCUT2D eigenvalue weighted by Crippen LogP contribution is 2.36. The van der Waals surface area contributed by atoms with Crippen molar-refractivity contribution in [1.82, 2.24) is 9.97 Å². The van der Waals surface area contributed by atoms with Crippen molar-refractivity contribution >= 4 is 45.5 Å². The number of thiazole rings is 1. The van der Waals surface area contributed by atoms with Gasteiger partial charge in [-0.05, 0) is 63.1 Å². The third-order valence-corrected chi connectivity index (χ3v) is 7.50. The maximum absolute atomic E-state index is 13.5. The SMILES string of the molecule is CC(C(N)=O)N(c1ccc(F)cc1)c1nc(N)c(C(=O)c2ccc(N3CCC(C)(C#N)CC3)nc2)s1. The molecule has 36 heavy (non-hydrogen) atoms. The number of benzene rings is 1. The van der Waals surface area contributed by atoms with E-state index in [1.165, 1.54) is 35.4 Å². The van der Waals surface area contributed by atoms with Crippen LogP contribution in [-0.2, 0) is 4.79 Å². The average molecular weight is 508 g/mol. The molecule has 9 nitrogen and oxygen atoms in total. The van der Waals surface area contributed by atoms with Crippen LogP contribution in [0.1, 0.15) is 41.9 Å². The molecule has 0 bridgehead atoms. The molecule has 1 amide bonds. The monoisotopic (exact) mass is 507 g/mol. The number of halogens is 1. The summed E-state index contributed by atoms with van der Waals surface area (Å²) in [6, 6.07) is 10.5. The van der Waals surface area contributed by atoms with E-state index in [9.17, 15) is 19.2 Å². The second kappa shape index (κ2) is 9.91. The molecule has 3 heterocycles. The molecule has 0 spiro atoms. The van der Waals surface area contributed by atoms with Crippen LogP contribution in [-0.4, -0.2) is 40.8 Å². The average Bonchev–Trinajstić information content (AvgIpc) is 3.26. The Bertz CT molecular complexity index is 1310. The lowest BCUT2D eigenvalue weighted by molar-refractivity contribution is -0.118. The van der Waals surface area contributed by atoms with Crippen molar-refractivity contribution < 1.29 is 14.0 Å². The van der Waals surface area contributed by atoms with Gasteiger partial charge in [0.2, 0.25) is 11.7 Å². The molecular formula is C25H26FN7O2S. The number of pyridine rings is 1. The summed E-state index contributed by atoms with van der Waals surface area (Å²) >= 11 is 1.02. The molecule has 11 heteroatoms. The first-order chi connectivity index (χ1) is 17.1. The number of nitrogens with zero attached hydrogens (tertiary/aromatic N) is 5. The van der Waals surface area contributed by atoms with E-state index in [1.807, 2.05) is 6.92 Å². The fourth-order valence-electron chi connectivity index (χ4n) is 3.99. The number of amides is 1. The van der Waals surface area contributed by atoms with E-state index < -0.39 is 17.8 Å². The van der Waals surface area contributed by atoms with E-state index >= 15 is 0 Å². The maximum Gasteiger partial charge on any atom is 0.240 e. The normalized spacial score (nSPS) is 15.7. The minimum absolute atomic E-state index is 0.0136. The highest BCUT2D eigenvalue weighted by atomic mass is 32.1. The Labute approximate surface area is 212 Å². The van der Waals surface area contributed by atoms with Gasteiger partial charge in [-0.3, -0.25) is 9.59 Å². The third-order valence-electron chi connectivity index (χ3n) is 6.43. The smallest absolute Gasteiger partial charge is 0.240 e. The lowest BCUT2D eigenvalue weighted by Gasteiger charge is -2.35. The maximum atomic E-state index is 13.5. The zero-order chi connectivity index (χ0) is 26.0. The van der Waals surface area contributed by atoms with Gasteiger partial charge < -0.3 is 21.3 Å². The fourth-order valence-corrected chi connectivity index (χ4v) is 5.04. The Kier molecular flexibility index (Phi) is 6.90. The molecule has 1 saturated heterocycles. The van der Waals surface area contributed by atoms with Gasteiger partial charge >= 0.3 is 0 Å². The summed E-state index contributed by atoms with van der Waals surface area (Å²) in [6.45, 7) is 4.99. The number of nitrogens with two attached hydrogens (primary N) is 2. The fraction of sp³-hybridized carbons (Fsp3) is 0.320. The number of primary amides is 1. The number of piperidine rings is 1. The van der Waals surface area contributed by atoms with Crippen molar-refractivity contribution in [1.29, 1.82) is 5.26 Å². The van der Waals surface area contributed by atoms with Gasteiger partial charge in [0.1, 0.15) is 28.4 Å². The van der Waals surface area contributed by atoms with Gasteiger partial charge in [0, 0.05) is 30.5 Å². The Morgan fingerprint density at radius 1 is 1.22 bits per heavy atom. The first-order valence-corrected chi connectivity index (χ1v) is 12.2. The van der Waals surface area contributed by atoms with Crippen LogP contribution in [0, 0.1) is 22.6 Å². The summed E-state index contributed by atoms with van der Waals surface area (Å²) in [6.07, 6.45) is 3.00. The largest absolute Gasteiger partial charge is 0.382 e. The molecule has 4 N–H and O–H groups in total. The number of carbonyl (C=O) groups is 2. The van der Waals surface area contributed by atoms with Crippen LogP contribution in [0.15, 0.2) is 42.6 Å². The van der Waals surface area contributed by atoms with Crippen LogP contribution in [0.25, 0.3) is 0 Å². The van der Waals surface area contributed by atoms with Gasteiger partial charge in [-0.25, -0.2) is 14.4 Å². The Hall–Kier alpha value is -4.04. The molecule has 0 radical (unpaired) electrons. The zero-order valence-electron chi connectivity index (χ0n) is 19.9. The molecule has 186 valence electrons. The third kappa shape index (κ3) is 4.99. The minimum atomic E-state index is -0.822. The van der Waals surface area contributed by atoms with Gasteiger partial charge in [0.25, 0.3) is 0 Å². The standard InChI is InChI=1S/C25H26FN7O2S/c1-15(23(29)35)33(18-6-4-17(26)5-7-18)24-31-22(28)21(36-24)20(34)16-3-8-19(30-13-16)32-11-9-25(2,14-27)10-12-32/h3-8,13,15H,9-12,28H2,1-2H3,(H2,29,35). The molecule has 4 rings (SSSR count). The Morgan fingerprint density at radius 3 is 2.44 bits per heavy atom. The molecular weight excluding hydrogens is 481 g/mol. The summed E-state index contributed by atoms with van der Waals surface area (Å²) in [5.74, 6) is -0.646. The second-order valence-electron chi connectivity index (χ2n) is 9.03. The topological polar surface area (TPSA) is 142 Å². The molecule has 1 unspecified atom stereocenters. The quantitative estimate of drug-likeness (QED) is 0.462. The van der Waals surface area contributed by atoms with Crippen molar-refractivity contribution in [3.63, 3.8) is 0 Å². The van der Waals surface area contributed by atoms with Crippen molar-refractivity contribution in [2.24, 2.45) is 11.1 Å². The van der Waals surface area contributed by atoms with Crippen LogP contribution in [0.3, 0.4) is 0 Å². The summed E-state index contributed by atoms with van der Waals surface area (Å²) in [5, 5.41) is 9.61. The van der Waals surface area contributed by atoms with Crippen molar-refractivity contribution in [3.05, 3.63) is 58.9 Å². The van der Waals surface area contributed by atoms with Crippen LogP contribution in [0.5, 0.6) is 0 Å². The van der Waals surface area contributed by atoms with Crippen LogP contribution >= 0.6 is 11.3 Å². The number of anilines is 4. The van der Waals surface area contributed by atoms with E-state index in [0.29, 0.717) is 24.3 Å². The van der Waals surface area contributed by atoms with Crippen molar-refractivity contribution in [3.8, 4) is 6.07 Å². The van der Waals surface area contributed by atoms with Crippen molar-refractivity contribution in [2.75, 3.05) is 28.6 Å². The highest BCUT2D eigenvalue weighted by molar-refractivity contribution is 7.18. The molecule has 3 aromatic rings. The molecule has 0 aliphatic carbocycles. The number of rotatable bonds is 7. The van der Waals surface area contributed by atoms with E-state index in [0.717, 1.165) is 30.0 Å². The number of hydrogen-bond acceptors (Lipinski definition) is 9. The summed E-state index contributed by atoms with van der Waals surface area (Å²) in [4.78, 5) is 37.8. The van der Waals surface area contributed by atoms with Gasteiger partial charge in [0.05, 0.1) is 11.5 Å². The zero-order valence-corrected chi connectivity index (χ0v) is 20.8. The molecule has 1 atom stereocenters. The number of aromatic nitrogens is 2. The molecule has 1 aromatic carbocycles. The predicted molar refractivity (Wildman–Crippen MR) is 137 cm³/mol. The lowest BCUT2D eigenvalue weighted by Crippen LogP contribution is -2.39. The lowest BCUT2D eigenvalue weighted by atomic mass is 9.82. The van der Waals surface area contributed by atoms with Gasteiger partial charge in [-0.15, -0.1) is 0 Å². The van der Waals surface area contributed by atoms with E-state index in [1.54, 1.807) is 19.1 Å². The van der Waals surface area contributed by atoms with Crippen molar-refractivity contribution in [2.45, 2.75) is 32.7 Å². The first-order valence-electron chi connectivity index (χ1n) is 11.4. The number of hydrogen-bond donors (Lipinski definition) is 2. The molecule has 1 aliphatic rings. The molecule has 1 aliphatic heterocycles. The van der Waals surface area contributed by atoms with Crippen LogP contribution < -0.4 is 21.3 Å².